The van der Waals surface area contributed by atoms with E-state index in [-0.39, 0.29) is 11.4 Å². The van der Waals surface area contributed by atoms with Crippen molar-refractivity contribution in [1.29, 1.82) is 5.26 Å². The molecule has 0 bridgehead atoms. The molecule has 140 valence electrons. The van der Waals surface area contributed by atoms with Gasteiger partial charge < -0.3 is 4.74 Å². The van der Waals surface area contributed by atoms with Crippen molar-refractivity contribution >= 4 is 28.5 Å². The first-order valence-corrected chi connectivity index (χ1v) is 9.96. The number of carbonyl (C=O) groups excluding carboxylic acids is 1. The molecular weight excluding hydrogens is 356 g/mol. The molecule has 0 unspecified atom stereocenters. The lowest BCUT2D eigenvalue weighted by Gasteiger charge is -2.33. The van der Waals surface area contributed by atoms with Crippen molar-refractivity contribution in [2.45, 2.75) is 47.0 Å². The molecule has 0 saturated carbocycles. The molecule has 0 N–H and O–H groups in total. The Bertz CT molecular complexity index is 912. The summed E-state index contributed by atoms with van der Waals surface area (Å²) in [5, 5.41) is 10.4. The van der Waals surface area contributed by atoms with Gasteiger partial charge in [0, 0.05) is 18.0 Å². The van der Waals surface area contributed by atoms with Crippen LogP contribution in [0, 0.1) is 22.7 Å². The number of rotatable bonds is 3. The van der Waals surface area contributed by atoms with Crippen LogP contribution in [0.5, 0.6) is 5.75 Å². The van der Waals surface area contributed by atoms with Crippen LogP contribution in [0.1, 0.15) is 55.7 Å². The molecule has 1 aromatic heterocycles. The average molecular weight is 381 g/mol. The quantitative estimate of drug-likeness (QED) is 0.404. The Kier molecular flexibility index (Phi) is 5.48. The maximum absolute atomic E-state index is 11.0. The highest BCUT2D eigenvalue weighted by Crippen LogP contribution is 2.44. The van der Waals surface area contributed by atoms with Gasteiger partial charge in [-0.05, 0) is 66.0 Å². The zero-order valence-corrected chi connectivity index (χ0v) is 17.0. The highest BCUT2D eigenvalue weighted by Gasteiger charge is 2.32. The van der Waals surface area contributed by atoms with Crippen LogP contribution in [-0.2, 0) is 17.6 Å². The fourth-order valence-electron chi connectivity index (χ4n) is 3.44. The molecule has 1 atom stereocenters. The number of hydrogen-bond acceptors (Lipinski definition) is 5. The number of hydrogen-bond donors (Lipinski definition) is 0. The molecule has 0 saturated heterocycles. The SMILES string of the molecule is CC(=O)Oc1ccc(C=Nc2sc3c(c2C#N)CC[C@H](C(C)(C)C)C3)cc1. The van der Waals surface area contributed by atoms with E-state index in [1.54, 1.807) is 29.7 Å². The van der Waals surface area contributed by atoms with Crippen LogP contribution in [0.2, 0.25) is 0 Å². The third-order valence-corrected chi connectivity index (χ3v) is 6.22. The van der Waals surface area contributed by atoms with Crippen molar-refractivity contribution in [2.24, 2.45) is 16.3 Å². The lowest BCUT2D eigenvalue weighted by molar-refractivity contribution is -0.131. The summed E-state index contributed by atoms with van der Waals surface area (Å²) in [6, 6.07) is 9.53. The Hall–Kier alpha value is -2.45. The first kappa shape index (κ1) is 19.3. The number of nitrogens with zero attached hydrogens (tertiary/aromatic N) is 2. The molecule has 0 spiro atoms. The largest absolute Gasteiger partial charge is 0.427 e. The second kappa shape index (κ2) is 7.66. The van der Waals surface area contributed by atoms with Crippen LogP contribution in [0.25, 0.3) is 0 Å². The average Bonchev–Trinajstić information content (AvgIpc) is 2.96. The van der Waals surface area contributed by atoms with Crippen molar-refractivity contribution in [2.75, 3.05) is 0 Å². The highest BCUT2D eigenvalue weighted by atomic mass is 32.1. The smallest absolute Gasteiger partial charge is 0.308 e. The summed E-state index contributed by atoms with van der Waals surface area (Å²) < 4.78 is 5.04. The fraction of sp³-hybridized carbons (Fsp3) is 0.409. The fourth-order valence-corrected chi connectivity index (χ4v) is 4.66. The first-order chi connectivity index (χ1) is 12.8. The van der Waals surface area contributed by atoms with Gasteiger partial charge in [0.2, 0.25) is 0 Å². The van der Waals surface area contributed by atoms with Crippen LogP contribution in [0.3, 0.4) is 0 Å². The van der Waals surface area contributed by atoms with Crippen LogP contribution >= 0.6 is 11.3 Å². The lowest BCUT2D eigenvalue weighted by Crippen LogP contribution is -2.26. The molecule has 4 nitrogen and oxygen atoms in total. The van der Waals surface area contributed by atoms with Gasteiger partial charge in [-0.15, -0.1) is 11.3 Å². The standard InChI is InChI=1S/C22H24N2O2S/c1-14(25)26-17-8-5-15(6-9-17)13-24-21-19(12-23)18-10-7-16(22(2,3)4)11-20(18)27-21/h5-6,8-9,13,16H,7,10-11H2,1-4H3/t16-/m0/s1. The summed E-state index contributed by atoms with van der Waals surface area (Å²) >= 11 is 1.65. The van der Waals surface area contributed by atoms with E-state index in [4.69, 9.17) is 4.74 Å². The molecule has 1 aliphatic rings. The van der Waals surface area contributed by atoms with Gasteiger partial charge in [0.15, 0.2) is 0 Å². The van der Waals surface area contributed by atoms with E-state index in [9.17, 15) is 10.1 Å². The number of benzene rings is 1. The zero-order valence-electron chi connectivity index (χ0n) is 16.2. The number of fused-ring (bicyclic) bond motifs is 1. The molecule has 2 aromatic rings. The third kappa shape index (κ3) is 4.45. The molecule has 0 aliphatic heterocycles. The Balaban J connectivity index is 1.82. The monoisotopic (exact) mass is 380 g/mol. The van der Waals surface area contributed by atoms with Crippen molar-refractivity contribution in [1.82, 2.24) is 0 Å². The third-order valence-electron chi connectivity index (χ3n) is 5.06. The topological polar surface area (TPSA) is 62.4 Å². The molecule has 1 aliphatic carbocycles. The molecule has 27 heavy (non-hydrogen) atoms. The number of carbonyl (C=O) groups is 1. The normalized spacial score (nSPS) is 16.8. The molecule has 0 fully saturated rings. The van der Waals surface area contributed by atoms with Crippen LogP contribution in [0.15, 0.2) is 29.3 Å². The molecule has 5 heteroatoms. The van der Waals surface area contributed by atoms with Crippen LogP contribution in [-0.4, -0.2) is 12.2 Å². The minimum Gasteiger partial charge on any atom is -0.427 e. The Morgan fingerprint density at radius 1 is 1.33 bits per heavy atom. The Morgan fingerprint density at radius 2 is 2.04 bits per heavy atom. The first-order valence-electron chi connectivity index (χ1n) is 9.15. The molecule has 1 aromatic carbocycles. The van der Waals surface area contributed by atoms with Crippen molar-refractivity contribution in [3.05, 3.63) is 45.8 Å². The molecule has 0 amide bonds. The van der Waals surface area contributed by atoms with E-state index in [1.807, 2.05) is 12.1 Å². The van der Waals surface area contributed by atoms with Gasteiger partial charge in [-0.1, -0.05) is 20.8 Å². The Labute approximate surface area is 164 Å². The number of ether oxygens (including phenoxy) is 1. The van der Waals surface area contributed by atoms with Gasteiger partial charge in [0.1, 0.15) is 16.8 Å². The minimum atomic E-state index is -0.340. The van der Waals surface area contributed by atoms with E-state index in [0.29, 0.717) is 11.7 Å². The summed E-state index contributed by atoms with van der Waals surface area (Å²) in [4.78, 5) is 16.9. The van der Waals surface area contributed by atoms with E-state index in [1.165, 1.54) is 17.4 Å². The van der Waals surface area contributed by atoms with Gasteiger partial charge >= 0.3 is 5.97 Å². The van der Waals surface area contributed by atoms with Crippen molar-refractivity contribution < 1.29 is 9.53 Å². The molecule has 3 rings (SSSR count). The molecular formula is C22H24N2O2S. The van der Waals surface area contributed by atoms with Crippen molar-refractivity contribution in [3.8, 4) is 11.8 Å². The van der Waals surface area contributed by atoms with Gasteiger partial charge in [0.05, 0.1) is 5.56 Å². The van der Waals surface area contributed by atoms with Gasteiger partial charge in [-0.2, -0.15) is 5.26 Å². The predicted octanol–water partition coefficient (Wildman–Crippen LogP) is 5.45. The lowest BCUT2D eigenvalue weighted by atomic mass is 9.72. The van der Waals surface area contributed by atoms with E-state index < -0.39 is 0 Å². The van der Waals surface area contributed by atoms with Gasteiger partial charge in [0.25, 0.3) is 0 Å². The maximum atomic E-state index is 11.0. The van der Waals surface area contributed by atoms with Gasteiger partial charge in [-0.25, -0.2) is 4.99 Å². The van der Waals surface area contributed by atoms with Crippen LogP contribution in [0.4, 0.5) is 5.00 Å². The van der Waals surface area contributed by atoms with E-state index in [2.05, 4.69) is 31.8 Å². The highest BCUT2D eigenvalue weighted by molar-refractivity contribution is 7.16. The Morgan fingerprint density at radius 3 is 2.63 bits per heavy atom. The molecule has 0 radical (unpaired) electrons. The summed E-state index contributed by atoms with van der Waals surface area (Å²) in [6.45, 7) is 8.25. The van der Waals surface area contributed by atoms with Gasteiger partial charge in [-0.3, -0.25) is 4.79 Å². The second-order valence-corrected chi connectivity index (χ2v) is 9.11. The molecule has 1 heterocycles. The summed E-state index contributed by atoms with van der Waals surface area (Å²) in [5.41, 5.74) is 3.10. The number of thiophene rings is 1. The maximum Gasteiger partial charge on any atom is 0.308 e. The van der Waals surface area contributed by atoms with E-state index >= 15 is 0 Å². The minimum absolute atomic E-state index is 0.279. The summed E-state index contributed by atoms with van der Waals surface area (Å²) in [5.74, 6) is 0.811. The predicted molar refractivity (Wildman–Crippen MR) is 109 cm³/mol. The number of esters is 1. The number of aliphatic imine (C=N–C) groups is 1. The number of nitriles is 1. The zero-order chi connectivity index (χ0) is 19.6. The van der Waals surface area contributed by atoms with Crippen LogP contribution < -0.4 is 4.74 Å². The summed E-state index contributed by atoms with van der Waals surface area (Å²) in [7, 11) is 0. The van der Waals surface area contributed by atoms with Crippen molar-refractivity contribution in [3.63, 3.8) is 0 Å². The van der Waals surface area contributed by atoms with E-state index in [0.717, 1.165) is 35.4 Å². The summed E-state index contributed by atoms with van der Waals surface area (Å²) in [6.07, 6.45) is 4.88. The second-order valence-electron chi connectivity index (χ2n) is 8.02.